The van der Waals surface area contributed by atoms with E-state index in [1.54, 1.807) is 30.3 Å². The molecule has 0 radical (unpaired) electrons. The van der Waals surface area contributed by atoms with Crippen LogP contribution < -0.4 is 10.6 Å². The van der Waals surface area contributed by atoms with Gasteiger partial charge in [-0.2, -0.15) is 0 Å². The molecule has 1 aromatic carbocycles. The van der Waals surface area contributed by atoms with Gasteiger partial charge in [0, 0.05) is 5.75 Å². The van der Waals surface area contributed by atoms with Gasteiger partial charge < -0.3 is 40.5 Å². The van der Waals surface area contributed by atoms with Crippen LogP contribution in [0.25, 0.3) is 0 Å². The first-order valence-corrected chi connectivity index (χ1v) is 13.5. The molecular formula is C25H38N2O8S. The molecule has 2 saturated heterocycles. The highest BCUT2D eigenvalue weighted by Crippen LogP contribution is 2.31. The summed E-state index contributed by atoms with van der Waals surface area (Å²) in [5.74, 6) is -0.131. The number of thioether (sulfide) groups is 1. The lowest BCUT2D eigenvalue weighted by Crippen LogP contribution is -2.65. The van der Waals surface area contributed by atoms with Crippen LogP contribution in [0.3, 0.4) is 0 Å². The van der Waals surface area contributed by atoms with E-state index in [1.807, 2.05) is 0 Å². The topological polar surface area (TPSA) is 158 Å². The Morgan fingerprint density at radius 1 is 1.19 bits per heavy atom. The average Bonchev–Trinajstić information content (AvgIpc) is 3.34. The number of aliphatic hydroxyl groups is 4. The molecular weight excluding hydrogens is 488 g/mol. The van der Waals surface area contributed by atoms with Crippen LogP contribution in [0.2, 0.25) is 0 Å². The molecule has 0 aliphatic carbocycles. The molecule has 3 rings (SSSR count). The van der Waals surface area contributed by atoms with Crippen LogP contribution in [0.1, 0.15) is 43.5 Å². The maximum absolute atomic E-state index is 12.9. The summed E-state index contributed by atoms with van der Waals surface area (Å²) in [6, 6.07) is 7.11. The quantitative estimate of drug-likeness (QED) is 0.172. The Kier molecular flexibility index (Phi) is 11.0. The summed E-state index contributed by atoms with van der Waals surface area (Å²) in [5, 5.41) is 47.9. The van der Waals surface area contributed by atoms with Crippen molar-refractivity contribution >= 4 is 23.6 Å². The Morgan fingerprint density at radius 3 is 2.58 bits per heavy atom. The number of hydrogen-bond acceptors (Lipinski definition) is 10. The largest absolute Gasteiger partial charge is 0.461 e. The summed E-state index contributed by atoms with van der Waals surface area (Å²) < 4.78 is 11.1. The van der Waals surface area contributed by atoms with Crippen molar-refractivity contribution in [2.45, 2.75) is 81.1 Å². The van der Waals surface area contributed by atoms with Gasteiger partial charge in [0.15, 0.2) is 0 Å². The fraction of sp³-hybridized carbons (Fsp3) is 0.680. The molecule has 9 atom stereocenters. The maximum Gasteiger partial charge on any atom is 0.338 e. The SMILES string of the molecule is CCC[C@H]1CN[C@H](C(=O)N[C@@H]([C@H]2O[C@H](SCCOC(=O)c3ccccc3)[C@H](O)[C@@H](O)[C@H]2O)[C@@H](C)O)C1. The third kappa shape index (κ3) is 7.41. The number of esters is 1. The van der Waals surface area contributed by atoms with Crippen molar-refractivity contribution in [1.82, 2.24) is 10.6 Å². The second-order valence-corrected chi connectivity index (χ2v) is 10.6. The van der Waals surface area contributed by atoms with Crippen LogP contribution in [0.4, 0.5) is 0 Å². The normalized spacial score (nSPS) is 32.0. The second-order valence-electron chi connectivity index (χ2n) is 9.44. The predicted octanol–water partition coefficient (Wildman–Crippen LogP) is 0.0280. The Labute approximate surface area is 215 Å². The van der Waals surface area contributed by atoms with E-state index in [9.17, 15) is 30.0 Å². The lowest BCUT2D eigenvalue weighted by molar-refractivity contribution is -0.211. The van der Waals surface area contributed by atoms with Crippen molar-refractivity contribution in [3.8, 4) is 0 Å². The molecule has 0 aromatic heterocycles. The van der Waals surface area contributed by atoms with Gasteiger partial charge in [-0.15, -0.1) is 11.8 Å². The fourth-order valence-corrected chi connectivity index (χ4v) is 5.62. The van der Waals surface area contributed by atoms with Gasteiger partial charge in [0.05, 0.1) is 23.8 Å². The molecule has 36 heavy (non-hydrogen) atoms. The van der Waals surface area contributed by atoms with Crippen molar-refractivity contribution in [2.75, 3.05) is 18.9 Å². The molecule has 202 valence electrons. The molecule has 6 N–H and O–H groups in total. The van der Waals surface area contributed by atoms with Crippen LogP contribution in [0.5, 0.6) is 0 Å². The summed E-state index contributed by atoms with van der Waals surface area (Å²) >= 11 is 1.10. The number of carbonyl (C=O) groups excluding carboxylic acids is 2. The molecule has 1 aromatic rings. The Bertz CT molecular complexity index is 845. The third-order valence-electron chi connectivity index (χ3n) is 6.63. The highest BCUT2D eigenvalue weighted by atomic mass is 32.2. The minimum Gasteiger partial charge on any atom is -0.461 e. The number of rotatable bonds is 11. The highest BCUT2D eigenvalue weighted by molar-refractivity contribution is 7.99. The molecule has 0 bridgehead atoms. The molecule has 0 unspecified atom stereocenters. The van der Waals surface area contributed by atoms with Crippen molar-refractivity contribution in [3.05, 3.63) is 35.9 Å². The molecule has 2 aliphatic rings. The van der Waals surface area contributed by atoms with Gasteiger partial charge in [-0.05, 0) is 44.4 Å². The highest BCUT2D eigenvalue weighted by Gasteiger charge is 2.48. The van der Waals surface area contributed by atoms with Crippen LogP contribution in [-0.4, -0.2) is 99.2 Å². The Hall–Kier alpha value is -1.73. The van der Waals surface area contributed by atoms with Gasteiger partial charge in [0.2, 0.25) is 5.91 Å². The van der Waals surface area contributed by atoms with E-state index in [0.29, 0.717) is 17.9 Å². The molecule has 2 fully saturated rings. The zero-order valence-electron chi connectivity index (χ0n) is 20.7. The van der Waals surface area contributed by atoms with E-state index in [0.717, 1.165) is 31.1 Å². The second kappa shape index (κ2) is 13.7. The van der Waals surface area contributed by atoms with Gasteiger partial charge in [-0.25, -0.2) is 4.79 Å². The standard InChI is InChI=1S/C25H38N2O8S/c1-3-7-15-12-17(26-13-15)23(32)27-18(14(2)28)22-20(30)19(29)21(31)25(35-22)36-11-10-34-24(33)16-8-5-4-6-9-16/h4-6,8-9,14-15,17-22,25-26,28-31H,3,7,10-13H2,1-2H3,(H,27,32)/t14-,15-,17+,18-,19+,20-,21-,22-,25-/m1/s1. The maximum atomic E-state index is 12.9. The van der Waals surface area contributed by atoms with Crippen LogP contribution in [-0.2, 0) is 14.3 Å². The summed E-state index contributed by atoms with van der Waals surface area (Å²) in [4.78, 5) is 25.0. The molecule has 1 amide bonds. The number of hydrogen-bond donors (Lipinski definition) is 6. The van der Waals surface area contributed by atoms with Crippen LogP contribution in [0, 0.1) is 5.92 Å². The van der Waals surface area contributed by atoms with Crippen LogP contribution in [0.15, 0.2) is 30.3 Å². The van der Waals surface area contributed by atoms with Crippen molar-refractivity contribution < 1.29 is 39.5 Å². The predicted molar refractivity (Wildman–Crippen MR) is 134 cm³/mol. The monoisotopic (exact) mass is 526 g/mol. The lowest BCUT2D eigenvalue weighted by atomic mass is 9.92. The van der Waals surface area contributed by atoms with Gasteiger partial charge in [0.25, 0.3) is 0 Å². The molecule has 10 nitrogen and oxygen atoms in total. The molecule has 2 heterocycles. The number of carbonyl (C=O) groups is 2. The minimum atomic E-state index is -1.55. The lowest BCUT2D eigenvalue weighted by Gasteiger charge is -2.44. The van der Waals surface area contributed by atoms with E-state index in [1.165, 1.54) is 6.92 Å². The zero-order chi connectivity index (χ0) is 26.2. The Morgan fingerprint density at radius 2 is 1.92 bits per heavy atom. The zero-order valence-corrected chi connectivity index (χ0v) is 21.5. The van der Waals surface area contributed by atoms with Crippen LogP contribution >= 0.6 is 11.8 Å². The first-order chi connectivity index (χ1) is 17.2. The number of benzene rings is 1. The smallest absolute Gasteiger partial charge is 0.338 e. The van der Waals surface area contributed by atoms with Gasteiger partial charge in [-0.3, -0.25) is 4.79 Å². The first-order valence-electron chi connectivity index (χ1n) is 12.5. The summed E-state index contributed by atoms with van der Waals surface area (Å²) in [6.45, 7) is 4.34. The first kappa shape index (κ1) is 28.8. The number of amides is 1. The van der Waals surface area contributed by atoms with Crippen molar-refractivity contribution in [2.24, 2.45) is 5.92 Å². The van der Waals surface area contributed by atoms with Gasteiger partial charge in [-0.1, -0.05) is 31.5 Å². The number of ether oxygens (including phenoxy) is 2. The number of aliphatic hydroxyl groups excluding tert-OH is 4. The van der Waals surface area contributed by atoms with E-state index in [-0.39, 0.29) is 18.3 Å². The van der Waals surface area contributed by atoms with E-state index in [2.05, 4.69) is 17.6 Å². The number of nitrogens with one attached hydrogen (secondary N) is 2. The summed E-state index contributed by atoms with van der Waals surface area (Å²) in [5.41, 5.74) is -0.552. The summed E-state index contributed by atoms with van der Waals surface area (Å²) in [7, 11) is 0. The molecule has 11 heteroatoms. The molecule has 0 spiro atoms. The third-order valence-corrected chi connectivity index (χ3v) is 7.75. The minimum absolute atomic E-state index is 0.0388. The van der Waals surface area contributed by atoms with E-state index >= 15 is 0 Å². The fourth-order valence-electron chi connectivity index (χ4n) is 4.64. The molecule has 2 aliphatic heterocycles. The average molecular weight is 527 g/mol. The van der Waals surface area contributed by atoms with Gasteiger partial charge >= 0.3 is 5.97 Å². The van der Waals surface area contributed by atoms with E-state index < -0.39 is 54.0 Å². The molecule has 0 saturated carbocycles. The summed E-state index contributed by atoms with van der Waals surface area (Å²) in [6.07, 6.45) is -4.02. The van der Waals surface area contributed by atoms with E-state index in [4.69, 9.17) is 9.47 Å². The van der Waals surface area contributed by atoms with Crippen molar-refractivity contribution in [1.29, 1.82) is 0 Å². The Balaban J connectivity index is 1.56. The van der Waals surface area contributed by atoms with Gasteiger partial charge in [0.1, 0.15) is 36.5 Å². The van der Waals surface area contributed by atoms with Crippen molar-refractivity contribution in [3.63, 3.8) is 0 Å².